The van der Waals surface area contributed by atoms with Gasteiger partial charge in [0.15, 0.2) is 0 Å². The Bertz CT molecular complexity index is 443. The minimum absolute atomic E-state index is 0.668. The summed E-state index contributed by atoms with van der Waals surface area (Å²) in [6.45, 7) is 2.13. The third-order valence-corrected chi connectivity index (χ3v) is 4.47. The van der Waals surface area contributed by atoms with Gasteiger partial charge in [0.05, 0.1) is 18.5 Å². The molecule has 1 aliphatic heterocycles. The molecule has 2 rings (SSSR count). The fourth-order valence-corrected chi connectivity index (χ4v) is 3.21. The lowest BCUT2D eigenvalue weighted by atomic mass is 10.0. The second kappa shape index (κ2) is 6.01. The van der Waals surface area contributed by atoms with Crippen molar-refractivity contribution < 1.29 is 4.74 Å². The molecule has 19 heavy (non-hydrogen) atoms. The third-order valence-electron chi connectivity index (χ3n) is 3.83. The zero-order valence-electron chi connectivity index (χ0n) is 11.8. The maximum absolute atomic E-state index is 5.91. The first kappa shape index (κ1) is 14.5. The number of hydrogen-bond acceptors (Lipinski definition) is 4. The van der Waals surface area contributed by atoms with Gasteiger partial charge in [-0.2, -0.15) is 0 Å². The molecular weight excluding hydrogens is 306 g/mol. The quantitative estimate of drug-likeness (QED) is 0.866. The summed E-state index contributed by atoms with van der Waals surface area (Å²) in [4.78, 5) is 4.71. The van der Waals surface area contributed by atoms with E-state index >= 15 is 0 Å². The van der Waals surface area contributed by atoms with Crippen molar-refractivity contribution in [3.05, 3.63) is 16.6 Å². The van der Waals surface area contributed by atoms with Crippen molar-refractivity contribution in [3.63, 3.8) is 0 Å². The SMILES string of the molecule is COc1cc(N2CCC(N(C)C)CC2)c(Br)cc1N. The van der Waals surface area contributed by atoms with Crippen molar-refractivity contribution in [3.8, 4) is 5.75 Å². The minimum atomic E-state index is 0.668. The van der Waals surface area contributed by atoms with Crippen molar-refractivity contribution in [2.45, 2.75) is 18.9 Å². The molecule has 0 bridgehead atoms. The van der Waals surface area contributed by atoms with Gasteiger partial charge < -0.3 is 20.3 Å². The highest BCUT2D eigenvalue weighted by Gasteiger charge is 2.22. The lowest BCUT2D eigenvalue weighted by Gasteiger charge is -2.37. The number of anilines is 2. The number of nitrogen functional groups attached to an aromatic ring is 1. The summed E-state index contributed by atoms with van der Waals surface area (Å²) in [6, 6.07) is 4.63. The summed E-state index contributed by atoms with van der Waals surface area (Å²) in [5, 5.41) is 0. The largest absolute Gasteiger partial charge is 0.495 e. The molecule has 1 heterocycles. The van der Waals surface area contributed by atoms with Crippen LogP contribution in [-0.4, -0.2) is 45.2 Å². The maximum Gasteiger partial charge on any atom is 0.143 e. The van der Waals surface area contributed by atoms with Crippen LogP contribution in [0.5, 0.6) is 5.75 Å². The molecule has 0 amide bonds. The Balaban J connectivity index is 2.15. The highest BCUT2D eigenvalue weighted by molar-refractivity contribution is 9.10. The van der Waals surface area contributed by atoms with E-state index in [0.717, 1.165) is 23.3 Å². The normalized spacial score (nSPS) is 17.0. The van der Waals surface area contributed by atoms with Crippen molar-refractivity contribution in [1.29, 1.82) is 0 Å². The van der Waals surface area contributed by atoms with Crippen LogP contribution in [0.1, 0.15) is 12.8 Å². The Morgan fingerprint density at radius 1 is 1.32 bits per heavy atom. The van der Waals surface area contributed by atoms with Gasteiger partial charge in [-0.05, 0) is 48.9 Å². The second-order valence-electron chi connectivity index (χ2n) is 5.23. The molecule has 0 aliphatic carbocycles. The zero-order valence-corrected chi connectivity index (χ0v) is 13.4. The molecule has 2 N–H and O–H groups in total. The highest BCUT2D eigenvalue weighted by Crippen LogP contribution is 2.36. The van der Waals surface area contributed by atoms with E-state index in [4.69, 9.17) is 10.5 Å². The summed E-state index contributed by atoms with van der Waals surface area (Å²) in [7, 11) is 5.96. The molecule has 1 saturated heterocycles. The first-order chi connectivity index (χ1) is 9.02. The lowest BCUT2D eigenvalue weighted by Crippen LogP contribution is -2.42. The number of piperidine rings is 1. The molecule has 5 heteroatoms. The van der Waals surface area contributed by atoms with Crippen LogP contribution in [0, 0.1) is 0 Å². The Kier molecular flexibility index (Phi) is 4.58. The summed E-state index contributed by atoms with van der Waals surface area (Å²) < 4.78 is 6.35. The molecule has 4 nitrogen and oxygen atoms in total. The van der Waals surface area contributed by atoms with E-state index < -0.39 is 0 Å². The molecule has 1 fully saturated rings. The monoisotopic (exact) mass is 327 g/mol. The summed E-state index contributed by atoms with van der Waals surface area (Å²) in [5.74, 6) is 0.743. The Labute approximate surface area is 123 Å². The van der Waals surface area contributed by atoms with Crippen molar-refractivity contribution in [2.75, 3.05) is 44.9 Å². The highest BCUT2D eigenvalue weighted by atomic mass is 79.9. The van der Waals surface area contributed by atoms with E-state index in [1.807, 2.05) is 12.1 Å². The average Bonchev–Trinajstić information content (AvgIpc) is 2.39. The summed E-state index contributed by atoms with van der Waals surface area (Å²) in [6.07, 6.45) is 2.37. The predicted molar refractivity (Wildman–Crippen MR) is 84.0 cm³/mol. The van der Waals surface area contributed by atoms with E-state index in [0.29, 0.717) is 11.7 Å². The first-order valence-corrected chi connectivity index (χ1v) is 7.36. The van der Waals surface area contributed by atoms with Gasteiger partial charge in [-0.15, -0.1) is 0 Å². The van der Waals surface area contributed by atoms with Crippen LogP contribution in [0.3, 0.4) is 0 Å². The predicted octanol–water partition coefficient (Wildman–Crippen LogP) is 2.57. The van der Waals surface area contributed by atoms with E-state index in [1.165, 1.54) is 18.5 Å². The molecule has 0 unspecified atom stereocenters. The average molecular weight is 328 g/mol. The molecule has 106 valence electrons. The fraction of sp³-hybridized carbons (Fsp3) is 0.571. The van der Waals surface area contributed by atoms with Gasteiger partial charge in [0.1, 0.15) is 5.75 Å². The Morgan fingerprint density at radius 2 is 1.95 bits per heavy atom. The second-order valence-corrected chi connectivity index (χ2v) is 6.08. The number of halogens is 1. The van der Waals surface area contributed by atoms with Crippen LogP contribution in [0.2, 0.25) is 0 Å². The fourth-order valence-electron chi connectivity index (χ4n) is 2.60. The van der Waals surface area contributed by atoms with Gasteiger partial charge in [0, 0.05) is 29.7 Å². The van der Waals surface area contributed by atoms with E-state index in [2.05, 4.69) is 39.8 Å². The van der Waals surface area contributed by atoms with Crippen molar-refractivity contribution >= 4 is 27.3 Å². The van der Waals surface area contributed by atoms with Gasteiger partial charge in [0.25, 0.3) is 0 Å². The first-order valence-electron chi connectivity index (χ1n) is 6.57. The topological polar surface area (TPSA) is 41.7 Å². The van der Waals surface area contributed by atoms with Gasteiger partial charge in [0.2, 0.25) is 0 Å². The third kappa shape index (κ3) is 3.15. The number of benzene rings is 1. The molecule has 0 aromatic heterocycles. The van der Waals surface area contributed by atoms with Crippen LogP contribution in [0.4, 0.5) is 11.4 Å². The number of ether oxygens (including phenoxy) is 1. The van der Waals surface area contributed by atoms with Crippen LogP contribution in [0.15, 0.2) is 16.6 Å². The van der Waals surface area contributed by atoms with E-state index in [9.17, 15) is 0 Å². The van der Waals surface area contributed by atoms with Gasteiger partial charge in [-0.25, -0.2) is 0 Å². The molecule has 1 aromatic rings. The smallest absolute Gasteiger partial charge is 0.143 e. The number of rotatable bonds is 3. The van der Waals surface area contributed by atoms with Crippen LogP contribution >= 0.6 is 15.9 Å². The molecule has 0 radical (unpaired) electrons. The molecular formula is C14H22BrN3O. The van der Waals surface area contributed by atoms with Crippen LogP contribution in [-0.2, 0) is 0 Å². The minimum Gasteiger partial charge on any atom is -0.495 e. The lowest BCUT2D eigenvalue weighted by molar-refractivity contribution is 0.249. The number of nitrogens with zero attached hydrogens (tertiary/aromatic N) is 2. The van der Waals surface area contributed by atoms with Crippen LogP contribution < -0.4 is 15.4 Å². The summed E-state index contributed by atoms with van der Waals surface area (Å²) in [5.41, 5.74) is 7.75. The van der Waals surface area contributed by atoms with Crippen LogP contribution in [0.25, 0.3) is 0 Å². The van der Waals surface area contributed by atoms with Crippen molar-refractivity contribution in [1.82, 2.24) is 4.90 Å². The maximum atomic E-state index is 5.91. The Hall–Kier alpha value is -0.940. The Morgan fingerprint density at radius 3 is 2.47 bits per heavy atom. The number of nitrogens with two attached hydrogens (primary N) is 1. The molecule has 0 spiro atoms. The molecule has 0 saturated carbocycles. The standard InChI is InChI=1S/C14H22BrN3O/c1-17(2)10-4-6-18(7-5-10)13-9-14(19-3)12(16)8-11(13)15/h8-10H,4-7,16H2,1-3H3. The molecule has 1 aromatic carbocycles. The van der Waals surface area contributed by atoms with Gasteiger partial charge >= 0.3 is 0 Å². The van der Waals surface area contributed by atoms with E-state index in [-0.39, 0.29) is 0 Å². The number of hydrogen-bond donors (Lipinski definition) is 1. The van der Waals surface area contributed by atoms with Gasteiger partial charge in [-0.1, -0.05) is 0 Å². The number of methoxy groups -OCH3 is 1. The molecule has 1 aliphatic rings. The van der Waals surface area contributed by atoms with E-state index in [1.54, 1.807) is 7.11 Å². The molecule has 0 atom stereocenters. The summed E-state index contributed by atoms with van der Waals surface area (Å²) >= 11 is 3.60. The van der Waals surface area contributed by atoms with Gasteiger partial charge in [-0.3, -0.25) is 0 Å². The zero-order chi connectivity index (χ0) is 14.0. The van der Waals surface area contributed by atoms with Crippen molar-refractivity contribution in [2.24, 2.45) is 0 Å².